The van der Waals surface area contributed by atoms with Crippen LogP contribution in [-0.4, -0.2) is 50.9 Å². The lowest BCUT2D eigenvalue weighted by atomic mass is 10.0. The SMILES string of the molecule is CCCNC(=O)C(Cc1ccccc1)N(Cc1ccc(Cl)c(Cl)c1)C(=O)CN(c1ccc(OCC)cc1)S(=O)(=O)c1ccccc1. The Morgan fingerprint density at radius 2 is 1.48 bits per heavy atom. The lowest BCUT2D eigenvalue weighted by Gasteiger charge is -2.34. The van der Waals surface area contributed by atoms with Crippen molar-refractivity contribution in [3.05, 3.63) is 124 Å². The maximum atomic E-state index is 14.5. The molecule has 0 heterocycles. The van der Waals surface area contributed by atoms with E-state index in [0.717, 1.165) is 9.87 Å². The van der Waals surface area contributed by atoms with Crippen molar-refractivity contribution in [3.63, 3.8) is 0 Å². The predicted octanol–water partition coefficient (Wildman–Crippen LogP) is 6.75. The molecular formula is C35H37Cl2N3O5S. The summed E-state index contributed by atoms with van der Waals surface area (Å²) >= 11 is 12.5. The molecule has 0 aliphatic heterocycles. The van der Waals surface area contributed by atoms with Gasteiger partial charge in [0.15, 0.2) is 0 Å². The minimum absolute atomic E-state index is 0.0186. The molecule has 1 N–H and O–H groups in total. The average Bonchev–Trinajstić information content (AvgIpc) is 3.07. The summed E-state index contributed by atoms with van der Waals surface area (Å²) in [4.78, 5) is 29.7. The maximum Gasteiger partial charge on any atom is 0.264 e. The van der Waals surface area contributed by atoms with Crippen molar-refractivity contribution in [3.8, 4) is 5.75 Å². The zero-order valence-corrected chi connectivity index (χ0v) is 28.1. The van der Waals surface area contributed by atoms with Crippen LogP contribution in [0.15, 0.2) is 108 Å². The molecule has 8 nitrogen and oxygen atoms in total. The van der Waals surface area contributed by atoms with Crippen LogP contribution >= 0.6 is 23.2 Å². The fourth-order valence-corrected chi connectivity index (χ4v) is 6.63. The monoisotopic (exact) mass is 681 g/mol. The summed E-state index contributed by atoms with van der Waals surface area (Å²) in [7, 11) is -4.21. The molecule has 0 saturated heterocycles. The van der Waals surface area contributed by atoms with Gasteiger partial charge in [0.05, 0.1) is 27.2 Å². The van der Waals surface area contributed by atoms with Gasteiger partial charge in [-0.3, -0.25) is 13.9 Å². The number of nitrogens with one attached hydrogen (secondary N) is 1. The number of hydrogen-bond acceptors (Lipinski definition) is 5. The molecule has 2 amide bonds. The molecule has 0 fully saturated rings. The molecule has 0 radical (unpaired) electrons. The molecule has 1 atom stereocenters. The van der Waals surface area contributed by atoms with E-state index in [1.54, 1.807) is 60.7 Å². The van der Waals surface area contributed by atoms with Crippen LogP contribution in [-0.2, 0) is 32.6 Å². The highest BCUT2D eigenvalue weighted by Crippen LogP contribution is 2.28. The van der Waals surface area contributed by atoms with Gasteiger partial charge in [-0.05, 0) is 73.0 Å². The van der Waals surface area contributed by atoms with Crippen LogP contribution in [0.3, 0.4) is 0 Å². The Bertz CT molecular complexity index is 1710. The Morgan fingerprint density at radius 3 is 2.09 bits per heavy atom. The molecule has 242 valence electrons. The molecule has 4 aromatic carbocycles. The Balaban J connectivity index is 1.80. The number of halogens is 2. The first-order valence-electron chi connectivity index (χ1n) is 15.0. The van der Waals surface area contributed by atoms with Gasteiger partial charge in [0.1, 0.15) is 18.3 Å². The van der Waals surface area contributed by atoms with E-state index in [9.17, 15) is 18.0 Å². The highest BCUT2D eigenvalue weighted by molar-refractivity contribution is 7.92. The average molecular weight is 683 g/mol. The Morgan fingerprint density at radius 1 is 0.826 bits per heavy atom. The Labute approximate surface area is 280 Å². The fourth-order valence-electron chi connectivity index (χ4n) is 4.88. The zero-order chi connectivity index (χ0) is 33.1. The summed E-state index contributed by atoms with van der Waals surface area (Å²) in [5, 5.41) is 3.57. The van der Waals surface area contributed by atoms with Gasteiger partial charge >= 0.3 is 0 Å². The van der Waals surface area contributed by atoms with Gasteiger partial charge in [-0.1, -0.05) is 84.7 Å². The number of anilines is 1. The molecule has 46 heavy (non-hydrogen) atoms. The zero-order valence-electron chi connectivity index (χ0n) is 25.7. The van der Waals surface area contributed by atoms with Crippen LogP contribution in [0.2, 0.25) is 10.0 Å². The molecule has 0 aromatic heterocycles. The highest BCUT2D eigenvalue weighted by atomic mass is 35.5. The van der Waals surface area contributed by atoms with Crippen LogP contribution in [0.5, 0.6) is 5.75 Å². The highest BCUT2D eigenvalue weighted by Gasteiger charge is 2.34. The first kappa shape index (κ1) is 34.8. The summed E-state index contributed by atoms with van der Waals surface area (Å²) in [5.74, 6) is -0.365. The molecule has 4 aromatic rings. The molecule has 11 heteroatoms. The van der Waals surface area contributed by atoms with Gasteiger partial charge in [0.2, 0.25) is 11.8 Å². The lowest BCUT2D eigenvalue weighted by Crippen LogP contribution is -2.53. The first-order chi connectivity index (χ1) is 22.1. The van der Waals surface area contributed by atoms with Gasteiger partial charge < -0.3 is 15.0 Å². The summed E-state index contributed by atoms with van der Waals surface area (Å²) in [6, 6.07) is 27.8. The third-order valence-electron chi connectivity index (χ3n) is 7.20. The van der Waals surface area contributed by atoms with E-state index < -0.39 is 28.5 Å². The van der Waals surface area contributed by atoms with Crippen LogP contribution in [0.25, 0.3) is 0 Å². The van der Waals surface area contributed by atoms with Crippen LogP contribution in [0.4, 0.5) is 5.69 Å². The summed E-state index contributed by atoms with van der Waals surface area (Å²) in [6.45, 7) is 4.06. The number of amides is 2. The summed E-state index contributed by atoms with van der Waals surface area (Å²) < 4.78 is 34.8. The minimum atomic E-state index is -4.21. The van der Waals surface area contributed by atoms with E-state index in [0.29, 0.717) is 40.9 Å². The topological polar surface area (TPSA) is 96.0 Å². The third-order valence-corrected chi connectivity index (χ3v) is 9.73. The van der Waals surface area contributed by atoms with E-state index in [-0.39, 0.29) is 29.5 Å². The van der Waals surface area contributed by atoms with Crippen molar-refractivity contribution >= 4 is 50.7 Å². The molecule has 1 unspecified atom stereocenters. The van der Waals surface area contributed by atoms with Gasteiger partial charge in [0.25, 0.3) is 10.0 Å². The van der Waals surface area contributed by atoms with Crippen molar-refractivity contribution in [2.24, 2.45) is 0 Å². The van der Waals surface area contributed by atoms with E-state index in [4.69, 9.17) is 27.9 Å². The number of carbonyl (C=O) groups is 2. The molecule has 0 aliphatic carbocycles. The summed E-state index contributed by atoms with van der Waals surface area (Å²) in [6.07, 6.45) is 0.906. The van der Waals surface area contributed by atoms with E-state index in [1.807, 2.05) is 44.2 Å². The smallest absolute Gasteiger partial charge is 0.264 e. The van der Waals surface area contributed by atoms with Gasteiger partial charge in [0, 0.05) is 19.5 Å². The van der Waals surface area contributed by atoms with Gasteiger partial charge in [-0.15, -0.1) is 0 Å². The van der Waals surface area contributed by atoms with Crippen molar-refractivity contribution in [2.45, 2.75) is 44.2 Å². The van der Waals surface area contributed by atoms with Crippen LogP contribution in [0.1, 0.15) is 31.4 Å². The molecular weight excluding hydrogens is 645 g/mol. The molecule has 0 aliphatic rings. The van der Waals surface area contributed by atoms with E-state index in [2.05, 4.69) is 5.32 Å². The molecule has 4 rings (SSSR count). The lowest BCUT2D eigenvalue weighted by molar-refractivity contribution is -0.140. The minimum Gasteiger partial charge on any atom is -0.494 e. The number of ether oxygens (including phenoxy) is 1. The number of carbonyl (C=O) groups excluding carboxylic acids is 2. The standard InChI is InChI=1S/C35H37Cl2N3O5S/c1-3-21-38-35(42)33(23-26-11-7-5-8-12-26)39(24-27-15-20-31(36)32(37)22-27)34(41)25-40(28-16-18-29(19-17-28)45-4-2)46(43,44)30-13-9-6-10-14-30/h5-20,22,33H,3-4,21,23-25H2,1-2H3,(H,38,42). The molecule has 0 bridgehead atoms. The second-order valence-corrected chi connectivity index (χ2v) is 13.2. The number of rotatable bonds is 15. The quantitative estimate of drug-likeness (QED) is 0.150. The van der Waals surface area contributed by atoms with Crippen molar-refractivity contribution in [1.29, 1.82) is 0 Å². The number of benzene rings is 4. The predicted molar refractivity (Wildman–Crippen MR) is 183 cm³/mol. The van der Waals surface area contributed by atoms with Gasteiger partial charge in [-0.2, -0.15) is 0 Å². The largest absolute Gasteiger partial charge is 0.494 e. The third kappa shape index (κ3) is 9.02. The Hall–Kier alpha value is -4.05. The second-order valence-electron chi connectivity index (χ2n) is 10.5. The normalized spacial score (nSPS) is 11.8. The Kier molecular flexibility index (Phi) is 12.5. The van der Waals surface area contributed by atoms with E-state index in [1.165, 1.54) is 17.0 Å². The second kappa shape index (κ2) is 16.5. The summed E-state index contributed by atoms with van der Waals surface area (Å²) in [5.41, 5.74) is 1.74. The molecule has 0 spiro atoms. The fraction of sp³-hybridized carbons (Fsp3) is 0.257. The van der Waals surface area contributed by atoms with Gasteiger partial charge in [-0.25, -0.2) is 8.42 Å². The van der Waals surface area contributed by atoms with Crippen molar-refractivity contribution in [2.75, 3.05) is 24.0 Å². The number of nitrogens with zero attached hydrogens (tertiary/aromatic N) is 2. The van der Waals surface area contributed by atoms with Crippen molar-refractivity contribution in [1.82, 2.24) is 10.2 Å². The van der Waals surface area contributed by atoms with Crippen LogP contribution in [0, 0.1) is 0 Å². The van der Waals surface area contributed by atoms with Crippen molar-refractivity contribution < 1.29 is 22.7 Å². The van der Waals surface area contributed by atoms with E-state index >= 15 is 0 Å². The maximum absolute atomic E-state index is 14.5. The number of hydrogen-bond donors (Lipinski definition) is 1. The molecule has 0 saturated carbocycles. The first-order valence-corrected chi connectivity index (χ1v) is 17.2. The van der Waals surface area contributed by atoms with Crippen LogP contribution < -0.4 is 14.4 Å². The number of sulfonamides is 1.